The highest BCUT2D eigenvalue weighted by molar-refractivity contribution is 5.33. The molecule has 0 bridgehead atoms. The number of rotatable bonds is 6. The first-order chi connectivity index (χ1) is 10.4. The summed E-state index contributed by atoms with van der Waals surface area (Å²) in [5.41, 5.74) is 1.38. The van der Waals surface area contributed by atoms with E-state index in [2.05, 4.69) is 32.3 Å². The fourth-order valence-corrected chi connectivity index (χ4v) is 2.84. The monoisotopic (exact) mass is 282 g/mol. The zero-order valence-electron chi connectivity index (χ0n) is 12.3. The second-order valence-electron chi connectivity index (χ2n) is 5.66. The van der Waals surface area contributed by atoms with E-state index in [0.717, 1.165) is 31.2 Å². The average molecular weight is 282 g/mol. The minimum Gasteiger partial charge on any atom is -0.370 e. The van der Waals surface area contributed by atoms with Gasteiger partial charge in [-0.25, -0.2) is 4.98 Å². The Balaban J connectivity index is 1.39. The van der Waals surface area contributed by atoms with Gasteiger partial charge in [0.15, 0.2) is 0 Å². The van der Waals surface area contributed by atoms with Crippen LogP contribution >= 0.6 is 0 Å². The van der Waals surface area contributed by atoms with Gasteiger partial charge in [-0.1, -0.05) is 6.07 Å². The largest absolute Gasteiger partial charge is 0.370 e. The molecule has 0 saturated carbocycles. The maximum absolute atomic E-state index is 4.30. The van der Waals surface area contributed by atoms with Crippen LogP contribution in [0.5, 0.6) is 0 Å². The second kappa shape index (κ2) is 7.18. The van der Waals surface area contributed by atoms with E-state index < -0.39 is 0 Å². The number of likely N-dealkylation sites (tertiary alicyclic amines) is 1. The lowest BCUT2D eigenvalue weighted by atomic mass is 10.1. The van der Waals surface area contributed by atoms with Gasteiger partial charge in [-0.3, -0.25) is 4.98 Å². The molecule has 1 fully saturated rings. The molecule has 4 heteroatoms. The molecule has 3 heterocycles. The summed E-state index contributed by atoms with van der Waals surface area (Å²) in [6, 6.07) is 10.2. The molecule has 0 unspecified atom stereocenters. The Morgan fingerprint density at radius 2 is 2.05 bits per heavy atom. The molecule has 0 spiro atoms. The van der Waals surface area contributed by atoms with E-state index >= 15 is 0 Å². The number of nitrogens with zero attached hydrogens (tertiary/aromatic N) is 3. The Hall–Kier alpha value is -1.94. The summed E-state index contributed by atoms with van der Waals surface area (Å²) in [6.07, 6.45) is 7.97. The highest BCUT2D eigenvalue weighted by Gasteiger charge is 2.21. The lowest BCUT2D eigenvalue weighted by Gasteiger charge is -2.16. The Morgan fingerprint density at radius 1 is 1.14 bits per heavy atom. The van der Waals surface area contributed by atoms with E-state index in [9.17, 15) is 0 Å². The first-order valence-electron chi connectivity index (χ1n) is 7.66. The maximum atomic E-state index is 4.30. The summed E-state index contributed by atoms with van der Waals surface area (Å²) in [6.45, 7) is 4.55. The van der Waals surface area contributed by atoms with E-state index in [1.807, 2.05) is 36.8 Å². The molecule has 0 aliphatic carbocycles. The van der Waals surface area contributed by atoms with Gasteiger partial charge in [0.05, 0.1) is 0 Å². The van der Waals surface area contributed by atoms with Crippen LogP contribution < -0.4 is 5.32 Å². The maximum Gasteiger partial charge on any atom is 0.125 e. The molecule has 2 aromatic rings. The van der Waals surface area contributed by atoms with Crippen LogP contribution in [0.25, 0.3) is 0 Å². The topological polar surface area (TPSA) is 41.0 Å². The number of anilines is 1. The second-order valence-corrected chi connectivity index (χ2v) is 5.66. The SMILES string of the molecule is c1ccc(NC[C@H]2CCN(CCc3ccncc3)C2)nc1. The van der Waals surface area contributed by atoms with E-state index in [-0.39, 0.29) is 0 Å². The zero-order chi connectivity index (χ0) is 14.3. The van der Waals surface area contributed by atoms with Gasteiger partial charge >= 0.3 is 0 Å². The van der Waals surface area contributed by atoms with Crippen LogP contribution in [0, 0.1) is 5.92 Å². The molecule has 1 N–H and O–H groups in total. The summed E-state index contributed by atoms with van der Waals surface area (Å²) in [4.78, 5) is 10.9. The fraction of sp³-hybridized carbons (Fsp3) is 0.412. The summed E-state index contributed by atoms with van der Waals surface area (Å²) in [7, 11) is 0. The van der Waals surface area contributed by atoms with Gasteiger partial charge in [0.2, 0.25) is 0 Å². The molecule has 0 amide bonds. The van der Waals surface area contributed by atoms with Crippen molar-refractivity contribution >= 4 is 5.82 Å². The molecule has 1 aliphatic heterocycles. The van der Waals surface area contributed by atoms with Gasteiger partial charge in [0, 0.05) is 38.2 Å². The Kier molecular flexibility index (Phi) is 4.79. The number of aromatic nitrogens is 2. The van der Waals surface area contributed by atoms with E-state index in [1.165, 1.54) is 25.1 Å². The van der Waals surface area contributed by atoms with Crippen molar-refractivity contribution < 1.29 is 0 Å². The predicted molar refractivity (Wildman–Crippen MR) is 85.2 cm³/mol. The Bertz CT molecular complexity index is 480. The van der Waals surface area contributed by atoms with Crippen LogP contribution in [0.15, 0.2) is 48.9 Å². The number of hydrogen-bond donors (Lipinski definition) is 1. The summed E-state index contributed by atoms with van der Waals surface area (Å²) in [5.74, 6) is 1.71. The molecule has 110 valence electrons. The van der Waals surface area contributed by atoms with Crippen molar-refractivity contribution in [2.75, 3.05) is 31.5 Å². The smallest absolute Gasteiger partial charge is 0.125 e. The molecule has 2 aromatic heterocycles. The van der Waals surface area contributed by atoms with Crippen molar-refractivity contribution in [3.63, 3.8) is 0 Å². The molecular formula is C17H22N4. The van der Waals surface area contributed by atoms with E-state index in [0.29, 0.717) is 0 Å². The highest BCUT2D eigenvalue weighted by atomic mass is 15.1. The minimum atomic E-state index is 0.726. The summed E-state index contributed by atoms with van der Waals surface area (Å²) >= 11 is 0. The third-order valence-electron chi connectivity index (χ3n) is 4.07. The quantitative estimate of drug-likeness (QED) is 0.883. The molecule has 1 saturated heterocycles. The molecule has 0 aromatic carbocycles. The van der Waals surface area contributed by atoms with Gasteiger partial charge in [-0.05, 0) is 55.1 Å². The summed E-state index contributed by atoms with van der Waals surface area (Å²) in [5, 5.41) is 3.43. The predicted octanol–water partition coefficient (Wildman–Crippen LogP) is 2.45. The van der Waals surface area contributed by atoms with Crippen molar-refractivity contribution in [3.05, 3.63) is 54.5 Å². The molecule has 1 atom stereocenters. The van der Waals surface area contributed by atoms with Crippen molar-refractivity contribution in [2.24, 2.45) is 5.92 Å². The molecule has 4 nitrogen and oxygen atoms in total. The minimum absolute atomic E-state index is 0.726. The number of hydrogen-bond acceptors (Lipinski definition) is 4. The van der Waals surface area contributed by atoms with E-state index in [4.69, 9.17) is 0 Å². The standard InChI is InChI=1S/C17H22N4/c1-2-8-19-17(3-1)20-13-16-7-12-21(14-16)11-6-15-4-9-18-10-5-15/h1-5,8-10,16H,6-7,11-14H2,(H,19,20)/t16-/m1/s1. The van der Waals surface area contributed by atoms with Gasteiger partial charge in [-0.2, -0.15) is 0 Å². The fourth-order valence-electron chi connectivity index (χ4n) is 2.84. The van der Waals surface area contributed by atoms with Crippen LogP contribution in [0.2, 0.25) is 0 Å². The first kappa shape index (κ1) is 14.0. The van der Waals surface area contributed by atoms with Crippen molar-refractivity contribution in [3.8, 4) is 0 Å². The van der Waals surface area contributed by atoms with Gasteiger partial charge in [-0.15, -0.1) is 0 Å². The molecule has 3 rings (SSSR count). The van der Waals surface area contributed by atoms with Crippen LogP contribution in [0.1, 0.15) is 12.0 Å². The van der Waals surface area contributed by atoms with Crippen LogP contribution in [0.3, 0.4) is 0 Å². The van der Waals surface area contributed by atoms with Gasteiger partial charge in [0.25, 0.3) is 0 Å². The summed E-state index contributed by atoms with van der Waals surface area (Å²) < 4.78 is 0. The number of nitrogens with one attached hydrogen (secondary N) is 1. The normalized spacial score (nSPS) is 18.8. The van der Waals surface area contributed by atoms with Crippen LogP contribution in [0.4, 0.5) is 5.82 Å². The lowest BCUT2D eigenvalue weighted by Crippen LogP contribution is -2.25. The van der Waals surface area contributed by atoms with Crippen molar-refractivity contribution in [1.29, 1.82) is 0 Å². The number of pyridine rings is 2. The molecule has 0 radical (unpaired) electrons. The third kappa shape index (κ3) is 4.26. The van der Waals surface area contributed by atoms with Crippen molar-refractivity contribution in [1.82, 2.24) is 14.9 Å². The highest BCUT2D eigenvalue weighted by Crippen LogP contribution is 2.17. The van der Waals surface area contributed by atoms with Crippen molar-refractivity contribution in [2.45, 2.75) is 12.8 Å². The van der Waals surface area contributed by atoms with Crippen LogP contribution in [-0.4, -0.2) is 41.0 Å². The zero-order valence-corrected chi connectivity index (χ0v) is 12.3. The van der Waals surface area contributed by atoms with Crippen LogP contribution in [-0.2, 0) is 6.42 Å². The Morgan fingerprint density at radius 3 is 2.86 bits per heavy atom. The van der Waals surface area contributed by atoms with Gasteiger partial charge in [0.1, 0.15) is 5.82 Å². The molecule has 21 heavy (non-hydrogen) atoms. The molecule has 1 aliphatic rings. The first-order valence-corrected chi connectivity index (χ1v) is 7.66. The lowest BCUT2D eigenvalue weighted by molar-refractivity contribution is 0.330. The Labute approximate surface area is 126 Å². The van der Waals surface area contributed by atoms with Gasteiger partial charge < -0.3 is 10.2 Å². The molecular weight excluding hydrogens is 260 g/mol. The average Bonchev–Trinajstić information content (AvgIpc) is 3.01. The third-order valence-corrected chi connectivity index (χ3v) is 4.07. The van der Waals surface area contributed by atoms with E-state index in [1.54, 1.807) is 0 Å².